The number of fused-ring (bicyclic) bond motifs is 1. The molecule has 0 atom stereocenters. The van der Waals surface area contributed by atoms with Crippen molar-refractivity contribution in [3.8, 4) is 0 Å². The molecule has 0 N–H and O–H groups in total. The minimum Gasteiger partial charge on any atom is -0.339 e. The third-order valence-corrected chi connectivity index (χ3v) is 5.81. The lowest BCUT2D eigenvalue weighted by molar-refractivity contribution is -0.130. The zero-order valence-electron chi connectivity index (χ0n) is 12.7. The fraction of sp³-hybridized carbons (Fsp3) is 0.412. The maximum absolute atomic E-state index is 12.9. The van der Waals surface area contributed by atoms with Gasteiger partial charge in [0, 0.05) is 35.7 Å². The maximum atomic E-state index is 12.9. The predicted molar refractivity (Wildman–Crippen MR) is 94.7 cm³/mol. The quantitative estimate of drug-likeness (QED) is 0.718. The number of hydrogen-bond donors (Lipinski definition) is 0. The third kappa shape index (κ3) is 3.17. The minimum atomic E-state index is -0.0564. The van der Waals surface area contributed by atoms with Crippen LogP contribution in [0.1, 0.15) is 18.4 Å². The first-order valence-corrected chi connectivity index (χ1v) is 8.89. The molecule has 2 amide bonds. The van der Waals surface area contributed by atoms with E-state index in [0.717, 1.165) is 22.1 Å². The number of hydrogen-bond acceptors (Lipinski definition) is 2. The average Bonchev–Trinajstić information content (AvgIpc) is 2.96. The van der Waals surface area contributed by atoms with Crippen molar-refractivity contribution in [2.24, 2.45) is 5.92 Å². The Morgan fingerprint density at radius 1 is 1.26 bits per heavy atom. The zero-order valence-corrected chi connectivity index (χ0v) is 15.1. The average molecular weight is 398 g/mol. The Bertz CT molecular complexity index is 669. The Balaban J connectivity index is 1.71. The highest BCUT2D eigenvalue weighted by Gasteiger charge is 2.33. The highest BCUT2D eigenvalue weighted by Crippen LogP contribution is 2.37. The van der Waals surface area contributed by atoms with Gasteiger partial charge in [-0.15, -0.1) is 0 Å². The molecule has 3 rings (SSSR count). The lowest BCUT2D eigenvalue weighted by Crippen LogP contribution is -2.43. The summed E-state index contributed by atoms with van der Waals surface area (Å²) >= 11 is 9.61. The number of halogens is 2. The van der Waals surface area contributed by atoms with Crippen LogP contribution in [0.25, 0.3) is 0 Å². The van der Waals surface area contributed by atoms with Gasteiger partial charge in [0.2, 0.25) is 11.8 Å². The largest absolute Gasteiger partial charge is 0.339 e. The van der Waals surface area contributed by atoms with E-state index >= 15 is 0 Å². The van der Waals surface area contributed by atoms with Crippen LogP contribution in [0.15, 0.2) is 29.3 Å². The predicted octanol–water partition coefficient (Wildman–Crippen LogP) is 3.42. The van der Waals surface area contributed by atoms with Crippen LogP contribution >= 0.6 is 27.5 Å². The van der Waals surface area contributed by atoms with Crippen LogP contribution in [-0.4, -0.2) is 36.3 Å². The van der Waals surface area contributed by atoms with Gasteiger partial charge in [0.1, 0.15) is 0 Å². The molecule has 0 unspecified atom stereocenters. The van der Waals surface area contributed by atoms with Crippen molar-refractivity contribution in [2.45, 2.75) is 19.3 Å². The fourth-order valence-corrected chi connectivity index (χ4v) is 3.86. The Kier molecular flexibility index (Phi) is 4.78. The van der Waals surface area contributed by atoms with Crippen LogP contribution in [0.2, 0.25) is 5.02 Å². The summed E-state index contributed by atoms with van der Waals surface area (Å²) in [5, 5.41) is 0.620. The summed E-state index contributed by atoms with van der Waals surface area (Å²) in [4.78, 5) is 28.1. The van der Waals surface area contributed by atoms with Crippen molar-refractivity contribution in [3.63, 3.8) is 0 Å². The molecule has 0 aliphatic carbocycles. The smallest absolute Gasteiger partial charge is 0.245 e. The summed E-state index contributed by atoms with van der Waals surface area (Å²) in [5.41, 5.74) is 2.07. The first kappa shape index (κ1) is 16.5. The van der Waals surface area contributed by atoms with E-state index in [1.54, 1.807) is 4.90 Å². The normalized spacial score (nSPS) is 18.0. The monoisotopic (exact) mass is 396 g/mol. The number of nitrogens with zero attached hydrogens (tertiary/aromatic N) is 2. The topological polar surface area (TPSA) is 40.6 Å². The van der Waals surface area contributed by atoms with Gasteiger partial charge in [-0.3, -0.25) is 9.59 Å². The molecule has 0 saturated carbocycles. The molecule has 2 aliphatic heterocycles. The maximum Gasteiger partial charge on any atom is 0.245 e. The Hall–Kier alpha value is -1.33. The van der Waals surface area contributed by atoms with E-state index in [1.807, 2.05) is 17.0 Å². The molecule has 6 heteroatoms. The first-order chi connectivity index (χ1) is 11.0. The lowest BCUT2D eigenvalue weighted by atomic mass is 9.95. The van der Waals surface area contributed by atoms with Gasteiger partial charge in [-0.05, 0) is 59.0 Å². The zero-order chi connectivity index (χ0) is 16.6. The molecule has 4 nitrogen and oxygen atoms in total. The van der Waals surface area contributed by atoms with Gasteiger partial charge >= 0.3 is 0 Å². The second-order valence-corrected chi connectivity index (χ2v) is 7.20. The standard InChI is InChI=1S/C17H18BrClN2O2/c1-2-16(22)20-6-3-11(4-7-20)17(23)21-8-5-12-9-13(18)14(19)10-15(12)21/h2,9-11H,1,3-8H2. The molecule has 1 saturated heterocycles. The highest BCUT2D eigenvalue weighted by atomic mass is 79.9. The highest BCUT2D eigenvalue weighted by molar-refractivity contribution is 9.10. The minimum absolute atomic E-state index is 0.0303. The number of piperidine rings is 1. The SMILES string of the molecule is C=CC(=O)N1CCC(C(=O)N2CCc3cc(Br)c(Cl)cc32)CC1. The number of carbonyl (C=O) groups is 2. The van der Waals surface area contributed by atoms with Gasteiger partial charge in [0.15, 0.2) is 0 Å². The van der Waals surface area contributed by atoms with Crippen LogP contribution in [0.5, 0.6) is 0 Å². The molecule has 1 aromatic carbocycles. The molecule has 0 spiro atoms. The Morgan fingerprint density at radius 3 is 2.61 bits per heavy atom. The van der Waals surface area contributed by atoms with Crippen LogP contribution < -0.4 is 4.90 Å². The molecular weight excluding hydrogens is 380 g/mol. The van der Waals surface area contributed by atoms with Crippen molar-refractivity contribution in [3.05, 3.63) is 39.8 Å². The van der Waals surface area contributed by atoms with Crippen LogP contribution in [0, 0.1) is 5.92 Å². The second kappa shape index (κ2) is 6.65. The molecule has 0 bridgehead atoms. The van der Waals surface area contributed by atoms with Gasteiger partial charge in [0.05, 0.1) is 5.02 Å². The Labute approximate surface area is 149 Å². The second-order valence-electron chi connectivity index (χ2n) is 5.94. The Morgan fingerprint density at radius 2 is 1.96 bits per heavy atom. The molecule has 122 valence electrons. The number of carbonyl (C=O) groups excluding carboxylic acids is 2. The van der Waals surface area contributed by atoms with E-state index in [0.29, 0.717) is 37.5 Å². The van der Waals surface area contributed by atoms with Crippen molar-refractivity contribution in [2.75, 3.05) is 24.5 Å². The van der Waals surface area contributed by atoms with Gasteiger partial charge in [-0.1, -0.05) is 18.2 Å². The number of amides is 2. The number of anilines is 1. The van der Waals surface area contributed by atoms with Crippen LogP contribution in [0.3, 0.4) is 0 Å². The van der Waals surface area contributed by atoms with Crippen molar-refractivity contribution >= 4 is 45.0 Å². The third-order valence-electron chi connectivity index (χ3n) is 4.61. The summed E-state index contributed by atoms with van der Waals surface area (Å²) in [6.45, 7) is 5.44. The molecule has 23 heavy (non-hydrogen) atoms. The van der Waals surface area contributed by atoms with E-state index in [9.17, 15) is 9.59 Å². The molecule has 0 aromatic heterocycles. The summed E-state index contributed by atoms with van der Waals surface area (Å²) < 4.78 is 0.864. The van der Waals surface area contributed by atoms with E-state index in [2.05, 4.69) is 22.5 Å². The van der Waals surface area contributed by atoms with Crippen molar-refractivity contribution in [1.82, 2.24) is 4.90 Å². The first-order valence-electron chi connectivity index (χ1n) is 7.72. The molecule has 2 aliphatic rings. The van der Waals surface area contributed by atoms with E-state index < -0.39 is 0 Å². The van der Waals surface area contributed by atoms with Gasteiger partial charge < -0.3 is 9.80 Å². The summed E-state index contributed by atoms with van der Waals surface area (Å²) in [6, 6.07) is 3.86. The van der Waals surface area contributed by atoms with E-state index in [1.165, 1.54) is 6.08 Å². The number of rotatable bonds is 2. The molecule has 1 fully saturated rings. The summed E-state index contributed by atoms with van der Waals surface area (Å²) in [6.07, 6.45) is 3.59. The van der Waals surface area contributed by atoms with Gasteiger partial charge in [0.25, 0.3) is 0 Å². The number of benzene rings is 1. The van der Waals surface area contributed by atoms with Gasteiger partial charge in [-0.2, -0.15) is 0 Å². The molecular formula is C17H18BrClN2O2. The van der Waals surface area contributed by atoms with Crippen LogP contribution in [-0.2, 0) is 16.0 Å². The summed E-state index contributed by atoms with van der Waals surface area (Å²) in [7, 11) is 0. The van der Waals surface area contributed by atoms with Gasteiger partial charge in [-0.25, -0.2) is 0 Å². The van der Waals surface area contributed by atoms with E-state index in [4.69, 9.17) is 11.6 Å². The van der Waals surface area contributed by atoms with Crippen LogP contribution in [0.4, 0.5) is 5.69 Å². The van der Waals surface area contributed by atoms with E-state index in [-0.39, 0.29) is 17.7 Å². The van der Waals surface area contributed by atoms with Crippen molar-refractivity contribution in [1.29, 1.82) is 0 Å². The fourth-order valence-electron chi connectivity index (χ4n) is 3.31. The number of likely N-dealkylation sites (tertiary alicyclic amines) is 1. The molecule has 2 heterocycles. The molecule has 1 aromatic rings. The molecule has 0 radical (unpaired) electrons. The lowest BCUT2D eigenvalue weighted by Gasteiger charge is -2.32. The summed E-state index contributed by atoms with van der Waals surface area (Å²) in [5.74, 6) is 0.0594. The van der Waals surface area contributed by atoms with Crippen molar-refractivity contribution < 1.29 is 9.59 Å².